The molecule has 1 rings (SSSR count). The lowest BCUT2D eigenvalue weighted by molar-refractivity contribution is -0.131. The maximum Gasteiger partial charge on any atom is 0.328 e. The van der Waals surface area contributed by atoms with Crippen molar-refractivity contribution in [2.45, 2.75) is 4.90 Å². The summed E-state index contributed by atoms with van der Waals surface area (Å²) in [6.07, 6.45) is 3.80. The summed E-state index contributed by atoms with van der Waals surface area (Å²) in [5, 5.41) is 27.4. The predicted octanol–water partition coefficient (Wildman–Crippen LogP) is 1.50. The van der Waals surface area contributed by atoms with E-state index in [9.17, 15) is 15.0 Å². The summed E-state index contributed by atoms with van der Waals surface area (Å²) < 4.78 is 0. The van der Waals surface area contributed by atoms with Gasteiger partial charge in [0.1, 0.15) is 0 Å². The van der Waals surface area contributed by atoms with Crippen LogP contribution in [0.3, 0.4) is 0 Å². The van der Waals surface area contributed by atoms with Crippen LogP contribution < -0.4 is 5.73 Å². The maximum atomic E-state index is 10.4. The van der Waals surface area contributed by atoms with E-state index < -0.39 is 5.97 Å². The fourth-order valence-corrected chi connectivity index (χ4v) is 1.90. The number of carboxylic acid groups (broad SMARTS) is 1. The fourth-order valence-electron chi connectivity index (χ4n) is 1.22. The monoisotopic (exact) mass is 241 g/mol. The number of hydrogen-bond donors (Lipinski definition) is 4. The van der Waals surface area contributed by atoms with Crippen LogP contribution in [0.5, 0.6) is 11.5 Å². The Morgan fingerprint density at radius 2 is 2.12 bits per heavy atom. The van der Waals surface area contributed by atoms with Crippen LogP contribution in [-0.2, 0) is 4.79 Å². The number of rotatable bonds is 3. The Hall–Kier alpha value is -1.82. The number of anilines is 1. The minimum Gasteiger partial charge on any atom is -0.504 e. The van der Waals surface area contributed by atoms with Gasteiger partial charge in [0, 0.05) is 28.3 Å². The Labute approximate surface area is 96.2 Å². The van der Waals surface area contributed by atoms with E-state index >= 15 is 0 Å². The third kappa shape index (κ3) is 2.40. The topological polar surface area (TPSA) is 104 Å². The summed E-state index contributed by atoms with van der Waals surface area (Å²) in [6.45, 7) is 0. The second-order valence-corrected chi connectivity index (χ2v) is 3.77. The third-order valence-corrected chi connectivity index (χ3v) is 2.76. The van der Waals surface area contributed by atoms with Crippen molar-refractivity contribution < 1.29 is 20.1 Å². The van der Waals surface area contributed by atoms with Crippen LogP contribution in [0, 0.1) is 0 Å². The number of nitrogen functional groups attached to an aromatic ring is 1. The van der Waals surface area contributed by atoms with E-state index in [0.29, 0.717) is 4.90 Å². The molecule has 0 spiro atoms. The molecule has 0 bridgehead atoms. The van der Waals surface area contributed by atoms with Crippen LogP contribution in [0.2, 0.25) is 0 Å². The lowest BCUT2D eigenvalue weighted by atomic mass is 10.1. The van der Waals surface area contributed by atoms with Gasteiger partial charge >= 0.3 is 5.97 Å². The Kier molecular flexibility index (Phi) is 3.68. The number of carbonyl (C=O) groups is 1. The standard InChI is InChI=1S/C10H11NO4S/c1-16-10-5(2-3-8(13)14)9(15)7(12)4-6(10)11/h2-4,12,15H,11H2,1H3,(H,13,14)/b3-2+. The number of nitrogens with two attached hydrogens (primary N) is 1. The van der Waals surface area contributed by atoms with Crippen molar-refractivity contribution in [3.05, 3.63) is 17.7 Å². The van der Waals surface area contributed by atoms with Crippen LogP contribution >= 0.6 is 11.8 Å². The number of hydrogen-bond acceptors (Lipinski definition) is 5. The summed E-state index contributed by atoms with van der Waals surface area (Å²) >= 11 is 1.26. The average Bonchev–Trinajstić information content (AvgIpc) is 2.20. The van der Waals surface area contributed by atoms with Gasteiger partial charge in [0.2, 0.25) is 0 Å². The molecule has 0 fully saturated rings. The van der Waals surface area contributed by atoms with Crippen LogP contribution in [0.4, 0.5) is 5.69 Å². The van der Waals surface area contributed by atoms with E-state index in [0.717, 1.165) is 6.08 Å². The highest BCUT2D eigenvalue weighted by molar-refractivity contribution is 7.98. The van der Waals surface area contributed by atoms with Gasteiger partial charge in [0.25, 0.3) is 0 Å². The first-order valence-corrected chi connectivity index (χ1v) is 5.49. The predicted molar refractivity (Wildman–Crippen MR) is 62.6 cm³/mol. The van der Waals surface area contributed by atoms with Gasteiger partial charge in [-0.3, -0.25) is 0 Å². The fraction of sp³-hybridized carbons (Fsp3) is 0.100. The highest BCUT2D eigenvalue weighted by atomic mass is 32.2. The number of carboxylic acids is 1. The second-order valence-electron chi connectivity index (χ2n) is 2.95. The van der Waals surface area contributed by atoms with Gasteiger partial charge < -0.3 is 21.1 Å². The molecule has 0 amide bonds. The average molecular weight is 241 g/mol. The molecule has 0 aliphatic carbocycles. The van der Waals surface area contributed by atoms with Crippen LogP contribution in [0.15, 0.2) is 17.0 Å². The summed E-state index contributed by atoms with van der Waals surface area (Å²) in [5.41, 5.74) is 6.12. The molecule has 16 heavy (non-hydrogen) atoms. The molecule has 0 unspecified atom stereocenters. The zero-order valence-corrected chi connectivity index (χ0v) is 9.28. The Bertz CT molecular complexity index is 457. The Balaban J connectivity index is 3.39. The molecule has 0 aliphatic rings. The van der Waals surface area contributed by atoms with Crippen LogP contribution in [0.25, 0.3) is 6.08 Å². The van der Waals surface area contributed by atoms with Gasteiger partial charge in [-0.2, -0.15) is 0 Å². The Morgan fingerprint density at radius 1 is 1.50 bits per heavy atom. The molecule has 6 heteroatoms. The normalized spacial score (nSPS) is 10.8. The molecule has 5 N–H and O–H groups in total. The minimum atomic E-state index is -1.15. The van der Waals surface area contributed by atoms with Gasteiger partial charge in [-0.1, -0.05) is 0 Å². The molecule has 86 valence electrons. The van der Waals surface area contributed by atoms with Crippen molar-refractivity contribution in [2.75, 3.05) is 12.0 Å². The van der Waals surface area contributed by atoms with Gasteiger partial charge in [-0.05, 0) is 12.3 Å². The first-order valence-electron chi connectivity index (χ1n) is 4.26. The molecule has 0 atom stereocenters. The van der Waals surface area contributed by atoms with Crippen molar-refractivity contribution >= 4 is 29.5 Å². The molecule has 0 heterocycles. The first-order chi connectivity index (χ1) is 7.47. The largest absolute Gasteiger partial charge is 0.504 e. The van der Waals surface area contributed by atoms with E-state index in [1.807, 2.05) is 0 Å². The lowest BCUT2D eigenvalue weighted by Gasteiger charge is -2.10. The number of phenols is 2. The SMILES string of the molecule is CSc1c(N)cc(O)c(O)c1/C=C/C(=O)O. The first kappa shape index (κ1) is 12.3. The van der Waals surface area contributed by atoms with Gasteiger partial charge in [-0.25, -0.2) is 4.79 Å². The molecule has 0 aromatic heterocycles. The molecular formula is C10H11NO4S. The van der Waals surface area contributed by atoms with Gasteiger partial charge in [0.05, 0.1) is 0 Å². The number of benzene rings is 1. The molecule has 1 aromatic carbocycles. The van der Waals surface area contributed by atoms with E-state index in [1.54, 1.807) is 6.26 Å². The molecule has 0 saturated heterocycles. The van der Waals surface area contributed by atoms with Crippen molar-refractivity contribution in [1.29, 1.82) is 0 Å². The quantitative estimate of drug-likeness (QED) is 0.210. The van der Waals surface area contributed by atoms with Crippen LogP contribution in [0.1, 0.15) is 5.56 Å². The zero-order valence-electron chi connectivity index (χ0n) is 8.47. The van der Waals surface area contributed by atoms with Gasteiger partial charge in [-0.15, -0.1) is 11.8 Å². The van der Waals surface area contributed by atoms with E-state index in [1.165, 1.54) is 23.9 Å². The lowest BCUT2D eigenvalue weighted by Crippen LogP contribution is -1.93. The number of aliphatic carboxylic acids is 1. The maximum absolute atomic E-state index is 10.4. The molecule has 0 radical (unpaired) electrons. The molecular weight excluding hydrogens is 230 g/mol. The smallest absolute Gasteiger partial charge is 0.328 e. The number of phenolic OH excluding ortho intramolecular Hbond substituents is 2. The minimum absolute atomic E-state index is 0.201. The number of thioether (sulfide) groups is 1. The van der Waals surface area contributed by atoms with Crippen molar-refractivity contribution in [3.63, 3.8) is 0 Å². The molecule has 0 aliphatic heterocycles. The zero-order chi connectivity index (χ0) is 12.3. The van der Waals surface area contributed by atoms with Crippen molar-refractivity contribution in [2.24, 2.45) is 0 Å². The summed E-state index contributed by atoms with van der Waals surface area (Å²) in [7, 11) is 0. The number of aromatic hydroxyl groups is 2. The molecule has 1 aromatic rings. The summed E-state index contributed by atoms with van der Waals surface area (Å²) in [6, 6.07) is 1.22. The third-order valence-electron chi connectivity index (χ3n) is 1.89. The molecule has 0 saturated carbocycles. The van der Waals surface area contributed by atoms with Crippen molar-refractivity contribution in [3.8, 4) is 11.5 Å². The molecule has 5 nitrogen and oxygen atoms in total. The van der Waals surface area contributed by atoms with E-state index in [4.69, 9.17) is 10.8 Å². The van der Waals surface area contributed by atoms with E-state index in [-0.39, 0.29) is 22.7 Å². The van der Waals surface area contributed by atoms with Gasteiger partial charge in [0.15, 0.2) is 11.5 Å². The van der Waals surface area contributed by atoms with E-state index in [2.05, 4.69) is 0 Å². The highest BCUT2D eigenvalue weighted by Crippen LogP contribution is 2.40. The highest BCUT2D eigenvalue weighted by Gasteiger charge is 2.13. The van der Waals surface area contributed by atoms with Crippen LogP contribution in [-0.4, -0.2) is 27.5 Å². The Morgan fingerprint density at radius 3 is 2.62 bits per heavy atom. The van der Waals surface area contributed by atoms with Crippen molar-refractivity contribution in [1.82, 2.24) is 0 Å². The summed E-state index contributed by atoms with van der Waals surface area (Å²) in [5.74, 6) is -1.90. The second kappa shape index (κ2) is 4.80. The summed E-state index contributed by atoms with van der Waals surface area (Å²) in [4.78, 5) is 10.9.